The summed E-state index contributed by atoms with van der Waals surface area (Å²) < 4.78 is 5.21. The van der Waals surface area contributed by atoms with Crippen LogP contribution in [-0.2, 0) is 4.74 Å². The molecule has 0 aliphatic heterocycles. The van der Waals surface area contributed by atoms with Gasteiger partial charge in [0, 0.05) is 19.2 Å². The SMILES string of the molecule is Cc1cc(N(C)C(=O)OC(C)(C)C)cc([N+](=O)[O-])c1. The first-order chi connectivity index (χ1) is 8.60. The van der Waals surface area contributed by atoms with E-state index in [1.807, 2.05) is 0 Å². The minimum absolute atomic E-state index is 0.0505. The van der Waals surface area contributed by atoms with Gasteiger partial charge in [0.2, 0.25) is 0 Å². The fraction of sp³-hybridized carbons (Fsp3) is 0.462. The lowest BCUT2D eigenvalue weighted by molar-refractivity contribution is -0.384. The van der Waals surface area contributed by atoms with E-state index in [0.29, 0.717) is 11.3 Å². The van der Waals surface area contributed by atoms with Crippen LogP contribution in [0.2, 0.25) is 0 Å². The summed E-state index contributed by atoms with van der Waals surface area (Å²) in [5, 5.41) is 10.8. The number of nitrogens with zero attached hydrogens (tertiary/aromatic N) is 2. The van der Waals surface area contributed by atoms with Gasteiger partial charge in [-0.25, -0.2) is 4.79 Å². The van der Waals surface area contributed by atoms with Crippen LogP contribution in [0.5, 0.6) is 0 Å². The molecule has 104 valence electrons. The zero-order valence-electron chi connectivity index (χ0n) is 11.8. The quantitative estimate of drug-likeness (QED) is 0.608. The lowest BCUT2D eigenvalue weighted by atomic mass is 10.2. The van der Waals surface area contributed by atoms with Gasteiger partial charge in [-0.15, -0.1) is 0 Å². The molecule has 0 bridgehead atoms. The minimum atomic E-state index is -0.610. The van der Waals surface area contributed by atoms with Gasteiger partial charge in [-0.1, -0.05) is 0 Å². The number of amides is 1. The zero-order chi connectivity index (χ0) is 14.8. The Hall–Kier alpha value is -2.11. The minimum Gasteiger partial charge on any atom is -0.443 e. The molecule has 0 saturated carbocycles. The summed E-state index contributed by atoms with van der Waals surface area (Å²) in [6.07, 6.45) is -0.549. The largest absolute Gasteiger partial charge is 0.443 e. The molecule has 0 aliphatic carbocycles. The van der Waals surface area contributed by atoms with Crippen LogP contribution in [-0.4, -0.2) is 23.7 Å². The maximum Gasteiger partial charge on any atom is 0.414 e. The third kappa shape index (κ3) is 4.24. The third-order valence-electron chi connectivity index (χ3n) is 2.31. The summed E-state index contributed by atoms with van der Waals surface area (Å²) in [6.45, 7) is 7.02. The van der Waals surface area contributed by atoms with Crippen molar-refractivity contribution in [1.29, 1.82) is 0 Å². The number of hydrogen-bond donors (Lipinski definition) is 0. The molecule has 6 heteroatoms. The fourth-order valence-corrected chi connectivity index (χ4v) is 1.48. The Balaban J connectivity index is 3.02. The van der Waals surface area contributed by atoms with Gasteiger partial charge in [0.25, 0.3) is 5.69 Å². The van der Waals surface area contributed by atoms with Crippen LogP contribution in [0.3, 0.4) is 0 Å². The van der Waals surface area contributed by atoms with E-state index >= 15 is 0 Å². The summed E-state index contributed by atoms with van der Waals surface area (Å²) in [7, 11) is 1.52. The molecule has 19 heavy (non-hydrogen) atoms. The Morgan fingerprint density at radius 2 is 1.89 bits per heavy atom. The van der Waals surface area contributed by atoms with Gasteiger partial charge < -0.3 is 4.74 Å². The molecule has 0 aliphatic rings. The first kappa shape index (κ1) is 14.9. The Kier molecular flexibility index (Phi) is 4.14. The van der Waals surface area contributed by atoms with E-state index in [0.717, 1.165) is 0 Å². The van der Waals surface area contributed by atoms with Crippen LogP contribution in [0, 0.1) is 17.0 Å². The fourth-order valence-electron chi connectivity index (χ4n) is 1.48. The highest BCUT2D eigenvalue weighted by Crippen LogP contribution is 2.24. The van der Waals surface area contributed by atoms with E-state index in [1.54, 1.807) is 33.8 Å². The Morgan fingerprint density at radius 3 is 2.37 bits per heavy atom. The van der Waals surface area contributed by atoms with E-state index in [1.165, 1.54) is 24.1 Å². The number of hydrogen-bond acceptors (Lipinski definition) is 4. The number of rotatable bonds is 2. The van der Waals surface area contributed by atoms with Gasteiger partial charge >= 0.3 is 6.09 Å². The Labute approximate surface area is 112 Å². The van der Waals surface area contributed by atoms with Crippen molar-refractivity contribution >= 4 is 17.5 Å². The highest BCUT2D eigenvalue weighted by Gasteiger charge is 2.22. The lowest BCUT2D eigenvalue weighted by Crippen LogP contribution is -2.34. The first-order valence-electron chi connectivity index (χ1n) is 5.83. The highest BCUT2D eigenvalue weighted by molar-refractivity contribution is 5.87. The summed E-state index contributed by atoms with van der Waals surface area (Å²) in [4.78, 5) is 23.5. The molecule has 0 atom stereocenters. The molecule has 1 rings (SSSR count). The number of benzene rings is 1. The van der Waals surface area contributed by atoms with Crippen molar-refractivity contribution in [3.63, 3.8) is 0 Å². The first-order valence-corrected chi connectivity index (χ1v) is 5.83. The highest BCUT2D eigenvalue weighted by atomic mass is 16.6. The molecular formula is C13H18N2O4. The van der Waals surface area contributed by atoms with Crippen molar-refractivity contribution in [2.24, 2.45) is 0 Å². The molecule has 0 aromatic heterocycles. The number of aryl methyl sites for hydroxylation is 1. The number of anilines is 1. The van der Waals surface area contributed by atoms with Gasteiger partial charge in [0.15, 0.2) is 0 Å². The second-order valence-electron chi connectivity index (χ2n) is 5.32. The Bertz CT molecular complexity index is 506. The maximum atomic E-state index is 11.9. The summed E-state index contributed by atoms with van der Waals surface area (Å²) in [6, 6.07) is 4.49. The standard InChI is InChI=1S/C13H18N2O4/c1-9-6-10(8-11(7-9)15(17)18)14(5)12(16)19-13(2,3)4/h6-8H,1-5H3. The van der Waals surface area contributed by atoms with Crippen molar-refractivity contribution in [1.82, 2.24) is 0 Å². The molecule has 0 radical (unpaired) electrons. The maximum absolute atomic E-state index is 11.9. The van der Waals surface area contributed by atoms with Crippen molar-refractivity contribution in [3.05, 3.63) is 33.9 Å². The van der Waals surface area contributed by atoms with Crippen molar-refractivity contribution in [2.75, 3.05) is 11.9 Å². The molecule has 1 amide bonds. The second kappa shape index (κ2) is 5.26. The van der Waals surface area contributed by atoms with Gasteiger partial charge in [-0.3, -0.25) is 15.0 Å². The number of nitro benzene ring substituents is 1. The molecule has 0 fully saturated rings. The second-order valence-corrected chi connectivity index (χ2v) is 5.32. The molecule has 0 spiro atoms. The van der Waals surface area contributed by atoms with Gasteiger partial charge in [-0.2, -0.15) is 0 Å². The van der Waals surface area contributed by atoms with Crippen LogP contribution < -0.4 is 4.90 Å². The average molecular weight is 266 g/mol. The van der Waals surface area contributed by atoms with Crippen molar-refractivity contribution < 1.29 is 14.5 Å². The summed E-state index contributed by atoms with van der Waals surface area (Å²) in [5.41, 5.74) is 0.479. The monoisotopic (exact) mass is 266 g/mol. The lowest BCUT2D eigenvalue weighted by Gasteiger charge is -2.24. The van der Waals surface area contributed by atoms with E-state index < -0.39 is 16.6 Å². The van der Waals surface area contributed by atoms with E-state index in [4.69, 9.17) is 4.74 Å². The predicted molar refractivity (Wildman–Crippen MR) is 72.5 cm³/mol. The summed E-state index contributed by atoms with van der Waals surface area (Å²) in [5.74, 6) is 0. The molecule has 0 N–H and O–H groups in total. The number of carbonyl (C=O) groups excluding carboxylic acids is 1. The molecular weight excluding hydrogens is 248 g/mol. The van der Waals surface area contributed by atoms with Crippen LogP contribution in [0.1, 0.15) is 26.3 Å². The number of carbonyl (C=O) groups is 1. The summed E-state index contributed by atoms with van der Waals surface area (Å²) >= 11 is 0. The third-order valence-corrected chi connectivity index (χ3v) is 2.31. The predicted octanol–water partition coefficient (Wildman–Crippen LogP) is 3.27. The molecule has 0 unspecified atom stereocenters. The molecule has 1 aromatic carbocycles. The Morgan fingerprint density at radius 1 is 1.32 bits per heavy atom. The average Bonchev–Trinajstić information content (AvgIpc) is 2.24. The van der Waals surface area contributed by atoms with E-state index in [2.05, 4.69) is 0 Å². The van der Waals surface area contributed by atoms with Crippen LogP contribution in [0.25, 0.3) is 0 Å². The topological polar surface area (TPSA) is 72.7 Å². The van der Waals surface area contributed by atoms with Crippen LogP contribution in [0.15, 0.2) is 18.2 Å². The normalized spacial score (nSPS) is 11.0. The van der Waals surface area contributed by atoms with Crippen LogP contribution >= 0.6 is 0 Å². The smallest absolute Gasteiger partial charge is 0.414 e. The van der Waals surface area contributed by atoms with Gasteiger partial charge in [0.1, 0.15) is 5.60 Å². The van der Waals surface area contributed by atoms with Gasteiger partial charge in [-0.05, 0) is 39.3 Å². The zero-order valence-corrected chi connectivity index (χ0v) is 11.8. The molecule has 6 nitrogen and oxygen atoms in total. The number of nitro groups is 1. The number of non-ortho nitro benzene ring substituents is 1. The van der Waals surface area contributed by atoms with E-state index in [-0.39, 0.29) is 5.69 Å². The van der Waals surface area contributed by atoms with Gasteiger partial charge in [0.05, 0.1) is 10.6 Å². The molecule has 0 saturated heterocycles. The molecule has 1 aromatic rings. The van der Waals surface area contributed by atoms with Crippen LogP contribution in [0.4, 0.5) is 16.2 Å². The number of ether oxygens (including phenoxy) is 1. The van der Waals surface area contributed by atoms with E-state index in [9.17, 15) is 14.9 Å². The van der Waals surface area contributed by atoms with Crippen molar-refractivity contribution in [2.45, 2.75) is 33.3 Å². The van der Waals surface area contributed by atoms with Crippen molar-refractivity contribution in [3.8, 4) is 0 Å². The molecule has 0 heterocycles.